The van der Waals surface area contributed by atoms with E-state index in [0.717, 1.165) is 0 Å². The summed E-state index contributed by atoms with van der Waals surface area (Å²) in [5.41, 5.74) is 0.500. The molecule has 124 valence electrons. The molecule has 0 unspecified atom stereocenters. The van der Waals surface area contributed by atoms with Gasteiger partial charge >= 0.3 is 6.61 Å². The Morgan fingerprint density at radius 1 is 1.45 bits per heavy atom. The first-order valence-electron chi connectivity index (χ1n) is 6.69. The van der Waals surface area contributed by atoms with E-state index in [1.807, 2.05) is 20.8 Å². The molecule has 0 saturated heterocycles. The maximum Gasteiger partial charge on any atom is 0.387 e. The van der Waals surface area contributed by atoms with Gasteiger partial charge in [-0.05, 0) is 39.3 Å². The summed E-state index contributed by atoms with van der Waals surface area (Å²) in [4.78, 5) is 0. The van der Waals surface area contributed by atoms with Gasteiger partial charge in [-0.15, -0.1) is 11.3 Å². The summed E-state index contributed by atoms with van der Waals surface area (Å²) in [6, 6.07) is 4.34. The van der Waals surface area contributed by atoms with E-state index in [0.29, 0.717) is 16.5 Å². The van der Waals surface area contributed by atoms with Crippen LogP contribution in [-0.2, 0) is 11.4 Å². The highest BCUT2D eigenvalue weighted by Gasteiger charge is 2.31. The Labute approximate surface area is 141 Å². The van der Waals surface area contributed by atoms with Gasteiger partial charge < -0.3 is 9.29 Å². The molecule has 0 aliphatic carbocycles. The molecule has 0 heterocycles. The van der Waals surface area contributed by atoms with Gasteiger partial charge in [-0.2, -0.15) is 8.78 Å². The van der Waals surface area contributed by atoms with Crippen molar-refractivity contribution >= 4 is 27.3 Å². The van der Waals surface area contributed by atoms with E-state index in [1.165, 1.54) is 6.07 Å². The Hall–Kier alpha value is -0.630. The Kier molecular flexibility index (Phi) is 7.31. The fourth-order valence-corrected chi connectivity index (χ4v) is 3.20. The van der Waals surface area contributed by atoms with Crippen molar-refractivity contribution in [3.8, 4) is 5.75 Å². The lowest BCUT2D eigenvalue weighted by Crippen LogP contribution is -2.41. The van der Waals surface area contributed by atoms with Crippen LogP contribution in [0.25, 0.3) is 0 Å². The molecule has 0 amide bonds. The minimum Gasteiger partial charge on any atom is -0.598 e. The first-order valence-corrected chi connectivity index (χ1v) is 8.63. The summed E-state index contributed by atoms with van der Waals surface area (Å²) in [6.45, 7) is 6.24. The highest BCUT2D eigenvalue weighted by Crippen LogP contribution is 2.36. The second-order valence-corrected chi connectivity index (χ2v) is 8.46. The summed E-state index contributed by atoms with van der Waals surface area (Å²) in [5, 5.41) is 0. The predicted octanol–water partition coefficient (Wildman–Crippen LogP) is 4.72. The molecule has 3 nitrogen and oxygen atoms in total. The Balaban J connectivity index is 3.17. The van der Waals surface area contributed by atoms with Crippen molar-refractivity contribution in [3.05, 3.63) is 40.9 Å². The number of rotatable bonds is 7. The zero-order chi connectivity index (χ0) is 16.9. The first kappa shape index (κ1) is 19.4. The van der Waals surface area contributed by atoms with E-state index in [-0.39, 0.29) is 5.75 Å². The Bertz CT molecular complexity index is 509. The smallest absolute Gasteiger partial charge is 0.387 e. The molecule has 2 atom stereocenters. The molecule has 1 aromatic carbocycles. The minimum atomic E-state index is -2.93. The van der Waals surface area contributed by atoms with Crippen LogP contribution < -0.4 is 9.46 Å². The van der Waals surface area contributed by atoms with Gasteiger partial charge in [0.2, 0.25) is 0 Å². The lowest BCUT2D eigenvalue weighted by Gasteiger charge is -2.29. The number of halogens is 3. The van der Waals surface area contributed by atoms with Crippen LogP contribution in [0.5, 0.6) is 5.75 Å². The molecule has 0 aliphatic rings. The molecule has 0 spiro atoms. The fourth-order valence-electron chi connectivity index (χ4n) is 1.75. The van der Waals surface area contributed by atoms with Gasteiger partial charge in [0.25, 0.3) is 0 Å². The van der Waals surface area contributed by atoms with E-state index in [2.05, 4.69) is 32.0 Å². The second-order valence-electron chi connectivity index (χ2n) is 5.61. The van der Waals surface area contributed by atoms with Gasteiger partial charge in [0.15, 0.2) is 0 Å². The monoisotopic (exact) mass is 395 g/mol. The quantitative estimate of drug-likeness (QED) is 0.536. The zero-order valence-corrected chi connectivity index (χ0v) is 15.1. The van der Waals surface area contributed by atoms with Crippen molar-refractivity contribution < 1.29 is 18.1 Å². The van der Waals surface area contributed by atoms with Gasteiger partial charge in [-0.3, -0.25) is 0 Å². The highest BCUT2D eigenvalue weighted by molar-refractivity contribution is 9.10. The molecular formula is C15H20BrF2NO2S. The predicted molar refractivity (Wildman–Crippen MR) is 89.4 cm³/mol. The number of hydrogen-bond donors (Lipinski definition) is 1. The van der Waals surface area contributed by atoms with E-state index in [4.69, 9.17) is 0 Å². The fraction of sp³-hybridized carbons (Fsp3) is 0.467. The van der Waals surface area contributed by atoms with E-state index in [1.54, 1.807) is 18.2 Å². The standard InChI is InChI=1S/C15H20BrF2NO2S/c1-5-7-11(19-22(20)15(2,3)4)13-10(16)8-6-9-12(13)21-14(17)18/h5-6,8-9,11,14,19H,1,7H2,2-4H3/t11-,22+/m1/s1. The molecule has 1 aromatic rings. The molecule has 0 bridgehead atoms. The number of nitrogens with one attached hydrogen (secondary N) is 1. The molecular weight excluding hydrogens is 376 g/mol. The van der Waals surface area contributed by atoms with Crippen molar-refractivity contribution in [3.63, 3.8) is 0 Å². The van der Waals surface area contributed by atoms with Gasteiger partial charge in [0.1, 0.15) is 10.5 Å². The minimum absolute atomic E-state index is 0.0506. The topological polar surface area (TPSA) is 44.3 Å². The molecule has 1 N–H and O–H groups in total. The summed E-state index contributed by atoms with van der Waals surface area (Å²) < 4.78 is 45.2. The van der Waals surface area contributed by atoms with Gasteiger partial charge in [0, 0.05) is 21.4 Å². The number of hydrogen-bond acceptors (Lipinski definition) is 3. The van der Waals surface area contributed by atoms with Gasteiger partial charge in [-0.1, -0.05) is 28.1 Å². The van der Waals surface area contributed by atoms with Crippen molar-refractivity contribution in [2.45, 2.75) is 44.6 Å². The van der Waals surface area contributed by atoms with Gasteiger partial charge in [0.05, 0.1) is 6.04 Å². The molecule has 7 heteroatoms. The lowest BCUT2D eigenvalue weighted by atomic mass is 10.0. The average molecular weight is 396 g/mol. The molecule has 0 radical (unpaired) electrons. The van der Waals surface area contributed by atoms with E-state index < -0.39 is 28.8 Å². The molecule has 1 rings (SSSR count). The maximum atomic E-state index is 12.6. The van der Waals surface area contributed by atoms with Crippen LogP contribution in [0.2, 0.25) is 0 Å². The Morgan fingerprint density at radius 3 is 2.59 bits per heavy atom. The highest BCUT2D eigenvalue weighted by atomic mass is 79.9. The van der Waals surface area contributed by atoms with Crippen LogP contribution in [0.1, 0.15) is 38.8 Å². The second kappa shape index (κ2) is 8.29. The summed E-state index contributed by atoms with van der Waals surface area (Å²) >= 11 is 1.99. The largest absolute Gasteiger partial charge is 0.598 e. The van der Waals surface area contributed by atoms with Crippen molar-refractivity contribution in [1.82, 2.24) is 4.72 Å². The van der Waals surface area contributed by atoms with Crippen LogP contribution in [0.4, 0.5) is 8.78 Å². The number of ether oxygens (including phenoxy) is 1. The van der Waals surface area contributed by atoms with Crippen LogP contribution in [-0.4, -0.2) is 15.9 Å². The molecule has 0 aromatic heterocycles. The van der Waals surface area contributed by atoms with Crippen LogP contribution in [0.3, 0.4) is 0 Å². The van der Waals surface area contributed by atoms with Crippen LogP contribution in [0, 0.1) is 0 Å². The molecule has 22 heavy (non-hydrogen) atoms. The maximum absolute atomic E-state index is 12.6. The van der Waals surface area contributed by atoms with Crippen molar-refractivity contribution in [1.29, 1.82) is 0 Å². The third-order valence-corrected chi connectivity index (χ3v) is 5.09. The lowest BCUT2D eigenvalue weighted by molar-refractivity contribution is -0.0507. The third kappa shape index (κ3) is 5.53. The van der Waals surface area contributed by atoms with Gasteiger partial charge in [-0.25, -0.2) is 0 Å². The zero-order valence-electron chi connectivity index (χ0n) is 12.7. The van der Waals surface area contributed by atoms with E-state index in [9.17, 15) is 13.3 Å². The summed E-state index contributed by atoms with van der Waals surface area (Å²) in [7, 11) is 0. The first-order chi connectivity index (χ1) is 10.2. The third-order valence-electron chi connectivity index (χ3n) is 2.79. The number of alkyl halides is 2. The van der Waals surface area contributed by atoms with Crippen molar-refractivity contribution in [2.75, 3.05) is 0 Å². The normalized spacial score (nSPS) is 14.7. The van der Waals surface area contributed by atoms with Crippen LogP contribution in [0.15, 0.2) is 35.3 Å². The molecule has 0 saturated carbocycles. The summed E-state index contributed by atoms with van der Waals surface area (Å²) in [5.74, 6) is 0.0506. The molecule has 0 fully saturated rings. The summed E-state index contributed by atoms with van der Waals surface area (Å²) in [6.07, 6.45) is 2.06. The van der Waals surface area contributed by atoms with Crippen molar-refractivity contribution in [2.24, 2.45) is 0 Å². The SMILES string of the molecule is C=CC[C@@H](N[S@@+]([O-])C(C)(C)C)c1c(Br)cccc1OC(F)F. The van der Waals surface area contributed by atoms with E-state index >= 15 is 0 Å². The Morgan fingerprint density at radius 2 is 2.09 bits per heavy atom. The number of benzene rings is 1. The average Bonchev–Trinajstić information content (AvgIpc) is 2.36. The molecule has 0 aliphatic heterocycles. The van der Waals surface area contributed by atoms with Crippen LogP contribution >= 0.6 is 15.9 Å².